The molecule has 1 aliphatic rings. The number of esters is 1. The number of likely N-dealkylation sites (tertiary alicyclic amines) is 1. The molecule has 3 aromatic rings. The van der Waals surface area contributed by atoms with Gasteiger partial charge in [0.2, 0.25) is 0 Å². The molecule has 1 aromatic heterocycles. The van der Waals surface area contributed by atoms with Crippen molar-refractivity contribution in [1.29, 1.82) is 0 Å². The summed E-state index contributed by atoms with van der Waals surface area (Å²) in [6.07, 6.45) is 2.40. The van der Waals surface area contributed by atoms with Crippen LogP contribution in [0.15, 0.2) is 42.6 Å². The highest BCUT2D eigenvalue weighted by Gasteiger charge is 2.42. The van der Waals surface area contributed by atoms with Crippen molar-refractivity contribution in [2.45, 2.75) is 31.8 Å². The highest BCUT2D eigenvalue weighted by molar-refractivity contribution is 6.32. The summed E-state index contributed by atoms with van der Waals surface area (Å²) in [5, 5.41) is 12.2. The molecular weight excluding hydrogens is 518 g/mol. The summed E-state index contributed by atoms with van der Waals surface area (Å²) in [6, 6.07) is 8.47. The number of fused-ring (bicyclic) bond motifs is 1. The molecule has 0 saturated carbocycles. The van der Waals surface area contributed by atoms with Crippen molar-refractivity contribution >= 4 is 28.5 Å². The Hall–Kier alpha value is -3.01. The van der Waals surface area contributed by atoms with Crippen molar-refractivity contribution in [3.8, 4) is 11.5 Å². The van der Waals surface area contributed by atoms with E-state index in [1.807, 2.05) is 0 Å². The highest BCUT2D eigenvalue weighted by atomic mass is 35.5. The number of aliphatic hydroxyl groups is 1. The van der Waals surface area contributed by atoms with Crippen LogP contribution in [-0.4, -0.2) is 61.4 Å². The fraction of sp³-hybridized carbons (Fsp3) is 0.429. The molecule has 2 aromatic carbocycles. The lowest BCUT2D eigenvalue weighted by atomic mass is 9.74. The summed E-state index contributed by atoms with van der Waals surface area (Å²) < 4.78 is 42.7. The molecule has 204 valence electrons. The second kappa shape index (κ2) is 12.2. The van der Waals surface area contributed by atoms with Crippen LogP contribution in [0.2, 0.25) is 5.02 Å². The molecule has 0 spiro atoms. The van der Waals surface area contributed by atoms with Crippen LogP contribution in [0.4, 0.5) is 8.78 Å². The number of benzene rings is 2. The molecule has 4 rings (SSSR count). The Labute approximate surface area is 225 Å². The summed E-state index contributed by atoms with van der Waals surface area (Å²) in [5.41, 5.74) is 0.494. The monoisotopic (exact) mass is 548 g/mol. The van der Waals surface area contributed by atoms with Crippen molar-refractivity contribution in [1.82, 2.24) is 9.88 Å². The number of carbonyl (C=O) groups excluding carboxylic acids is 1. The van der Waals surface area contributed by atoms with Gasteiger partial charge in [0.05, 0.1) is 36.3 Å². The number of hydrogen-bond acceptors (Lipinski definition) is 7. The smallest absolute Gasteiger partial charge is 0.311 e. The number of nitrogens with zero attached hydrogens (tertiary/aromatic N) is 2. The van der Waals surface area contributed by atoms with Crippen molar-refractivity contribution in [3.63, 3.8) is 0 Å². The lowest BCUT2D eigenvalue weighted by Crippen LogP contribution is -2.46. The van der Waals surface area contributed by atoms with Crippen molar-refractivity contribution in [2.24, 2.45) is 5.41 Å². The van der Waals surface area contributed by atoms with Gasteiger partial charge in [-0.25, -0.2) is 8.78 Å². The molecule has 1 saturated heterocycles. The van der Waals surface area contributed by atoms with E-state index in [4.69, 9.17) is 25.8 Å². The van der Waals surface area contributed by atoms with E-state index in [-0.39, 0.29) is 18.3 Å². The van der Waals surface area contributed by atoms with E-state index in [9.17, 15) is 18.7 Å². The van der Waals surface area contributed by atoms with Crippen molar-refractivity contribution in [2.75, 3.05) is 40.5 Å². The van der Waals surface area contributed by atoms with Gasteiger partial charge in [-0.05, 0) is 57.0 Å². The molecule has 1 atom stereocenters. The summed E-state index contributed by atoms with van der Waals surface area (Å²) >= 11 is 6.45. The van der Waals surface area contributed by atoms with Gasteiger partial charge in [0.25, 0.3) is 0 Å². The Morgan fingerprint density at radius 1 is 1.13 bits per heavy atom. The zero-order valence-corrected chi connectivity index (χ0v) is 22.1. The van der Waals surface area contributed by atoms with Gasteiger partial charge < -0.3 is 19.3 Å². The average Bonchev–Trinajstić information content (AvgIpc) is 2.91. The molecule has 1 aliphatic heterocycles. The van der Waals surface area contributed by atoms with Crippen LogP contribution in [0.3, 0.4) is 0 Å². The van der Waals surface area contributed by atoms with E-state index < -0.39 is 23.2 Å². The Morgan fingerprint density at radius 3 is 2.50 bits per heavy atom. The van der Waals surface area contributed by atoms with Gasteiger partial charge in [-0.2, -0.15) is 0 Å². The molecule has 38 heavy (non-hydrogen) atoms. The average molecular weight is 549 g/mol. The van der Waals surface area contributed by atoms with E-state index in [1.54, 1.807) is 25.3 Å². The zero-order valence-electron chi connectivity index (χ0n) is 21.4. The maximum absolute atomic E-state index is 13.4. The van der Waals surface area contributed by atoms with Gasteiger partial charge in [0.15, 0.2) is 0 Å². The Balaban J connectivity index is 1.39. The standard InChI is InChI=1S/C28H31ClF2N2O5/c1-36-20-3-4-24-22(16-20)26(23(29)17-32-24)25(34)5-6-28(27(35)37-2)7-9-33(10-8-28)11-12-38-21-14-18(30)13-19(31)15-21/h3-4,13-17,25,34H,5-12H2,1-2H3/t25-/m1/s1. The summed E-state index contributed by atoms with van der Waals surface area (Å²) in [7, 11) is 2.94. The van der Waals surface area contributed by atoms with Gasteiger partial charge in [-0.15, -0.1) is 0 Å². The maximum Gasteiger partial charge on any atom is 0.311 e. The number of carbonyl (C=O) groups is 1. The van der Waals surface area contributed by atoms with Crippen LogP contribution in [0.25, 0.3) is 10.9 Å². The normalized spacial score (nSPS) is 16.3. The van der Waals surface area contributed by atoms with Gasteiger partial charge in [0, 0.05) is 41.9 Å². The van der Waals surface area contributed by atoms with Crippen LogP contribution < -0.4 is 9.47 Å². The van der Waals surface area contributed by atoms with E-state index in [2.05, 4.69) is 9.88 Å². The van der Waals surface area contributed by atoms with Crippen LogP contribution in [0, 0.1) is 17.0 Å². The molecular formula is C28H31ClF2N2O5. The highest BCUT2D eigenvalue weighted by Crippen LogP contribution is 2.41. The zero-order chi connectivity index (χ0) is 27.3. The van der Waals surface area contributed by atoms with E-state index in [1.165, 1.54) is 13.3 Å². The first-order valence-electron chi connectivity index (χ1n) is 12.4. The first kappa shape index (κ1) is 28.0. The first-order valence-corrected chi connectivity index (χ1v) is 12.8. The Morgan fingerprint density at radius 2 is 1.84 bits per heavy atom. The first-order chi connectivity index (χ1) is 18.2. The minimum atomic E-state index is -0.917. The Kier molecular flexibility index (Phi) is 9.02. The number of ether oxygens (including phenoxy) is 3. The fourth-order valence-corrected chi connectivity index (χ4v) is 5.35. The van der Waals surface area contributed by atoms with E-state index in [0.717, 1.165) is 18.2 Å². The topological polar surface area (TPSA) is 81.1 Å². The number of aliphatic hydroxyl groups excluding tert-OH is 1. The lowest BCUT2D eigenvalue weighted by molar-refractivity contribution is -0.157. The summed E-state index contributed by atoms with van der Waals surface area (Å²) in [4.78, 5) is 19.4. The number of pyridine rings is 1. The third-order valence-electron chi connectivity index (χ3n) is 7.24. The molecule has 1 fully saturated rings. The molecule has 0 amide bonds. The number of aromatic nitrogens is 1. The van der Waals surface area contributed by atoms with E-state index in [0.29, 0.717) is 72.6 Å². The van der Waals surface area contributed by atoms with Gasteiger partial charge in [-0.3, -0.25) is 14.7 Å². The summed E-state index contributed by atoms with van der Waals surface area (Å²) in [5.74, 6) is -0.924. The van der Waals surface area contributed by atoms with E-state index >= 15 is 0 Å². The largest absolute Gasteiger partial charge is 0.497 e. The van der Waals surface area contributed by atoms with Crippen LogP contribution in [0.1, 0.15) is 37.4 Å². The molecule has 10 heteroatoms. The van der Waals surface area contributed by atoms with Gasteiger partial charge in [-0.1, -0.05) is 11.6 Å². The SMILES string of the molecule is COC(=O)C1(CC[C@@H](O)c2c(Cl)cnc3ccc(OC)cc23)CCN(CCOc2cc(F)cc(F)c2)CC1. The number of piperidine rings is 1. The number of hydrogen-bond donors (Lipinski definition) is 1. The van der Waals surface area contributed by atoms with Crippen LogP contribution in [0.5, 0.6) is 11.5 Å². The fourth-order valence-electron chi connectivity index (χ4n) is 5.07. The van der Waals surface area contributed by atoms with Crippen LogP contribution in [-0.2, 0) is 9.53 Å². The molecule has 7 nitrogen and oxygen atoms in total. The molecule has 0 bridgehead atoms. The molecule has 0 radical (unpaired) electrons. The predicted octanol–water partition coefficient (Wildman–Crippen LogP) is 5.32. The second-order valence-electron chi connectivity index (χ2n) is 9.52. The Bertz CT molecular complexity index is 1260. The number of halogens is 3. The predicted molar refractivity (Wildman–Crippen MR) is 139 cm³/mol. The number of methoxy groups -OCH3 is 2. The third-order valence-corrected chi connectivity index (χ3v) is 7.54. The molecule has 0 unspecified atom stereocenters. The minimum absolute atomic E-state index is 0.136. The van der Waals surface area contributed by atoms with Crippen LogP contribution >= 0.6 is 11.6 Å². The quantitative estimate of drug-likeness (QED) is 0.343. The van der Waals surface area contributed by atoms with Gasteiger partial charge in [0.1, 0.15) is 29.7 Å². The van der Waals surface area contributed by atoms with Crippen molar-refractivity contribution in [3.05, 3.63) is 64.8 Å². The number of rotatable bonds is 10. The second-order valence-corrected chi connectivity index (χ2v) is 9.93. The minimum Gasteiger partial charge on any atom is -0.497 e. The summed E-state index contributed by atoms with van der Waals surface area (Å²) in [6.45, 7) is 2.02. The third kappa shape index (κ3) is 6.34. The maximum atomic E-state index is 13.4. The molecule has 1 N–H and O–H groups in total. The molecule has 0 aliphatic carbocycles. The van der Waals surface area contributed by atoms with Crippen molar-refractivity contribution < 1.29 is 32.9 Å². The van der Waals surface area contributed by atoms with Gasteiger partial charge >= 0.3 is 5.97 Å². The molecule has 2 heterocycles. The lowest BCUT2D eigenvalue weighted by Gasteiger charge is -2.40.